The number of ether oxygens (including phenoxy) is 1. The minimum Gasteiger partial charge on any atom is -0.489 e. The maximum Gasteiger partial charge on any atom is 0.171 e. The second kappa shape index (κ2) is 14.8. The molecule has 0 saturated heterocycles. The summed E-state index contributed by atoms with van der Waals surface area (Å²) < 4.78 is 19.9. The number of benzene rings is 2. The molecular weight excluding hydrogens is 541 g/mol. The maximum absolute atomic E-state index is 10.1. The number of hydrogen-bond acceptors (Lipinski definition) is 4. The van der Waals surface area contributed by atoms with Gasteiger partial charge in [-0.25, -0.2) is 0 Å². The van der Waals surface area contributed by atoms with Crippen LogP contribution in [0.3, 0.4) is 0 Å². The van der Waals surface area contributed by atoms with Gasteiger partial charge >= 0.3 is 0 Å². The molecule has 0 saturated carbocycles. The summed E-state index contributed by atoms with van der Waals surface area (Å²) >= 11 is 0. The first kappa shape index (κ1) is 35.7. The Morgan fingerprint density at radius 3 is 1.83 bits per heavy atom. The lowest BCUT2D eigenvalue weighted by molar-refractivity contribution is 0.0653. The molecule has 41 heavy (non-hydrogen) atoms. The van der Waals surface area contributed by atoms with Gasteiger partial charge in [0.1, 0.15) is 12.4 Å². The first-order valence-electron chi connectivity index (χ1n) is 15.7. The summed E-state index contributed by atoms with van der Waals surface area (Å²) in [5, 5.41) is 10.1. The molecule has 3 unspecified atom stereocenters. The molecule has 2 aromatic carbocycles. The zero-order valence-corrected chi connectivity index (χ0v) is 30.7. The van der Waals surface area contributed by atoms with Crippen molar-refractivity contribution in [2.75, 3.05) is 0 Å². The van der Waals surface area contributed by atoms with Gasteiger partial charge in [0.05, 0.1) is 17.8 Å². The second-order valence-corrected chi connectivity index (χ2v) is 20.0. The lowest BCUT2D eigenvalue weighted by Gasteiger charge is -2.39. The summed E-state index contributed by atoms with van der Waals surface area (Å²) in [5.41, 5.74) is 4.19. The molecule has 0 spiro atoms. The molecule has 0 heterocycles. The van der Waals surface area contributed by atoms with E-state index in [-0.39, 0.29) is 23.0 Å². The van der Waals surface area contributed by atoms with E-state index in [9.17, 15) is 5.11 Å². The molecule has 2 aromatic rings. The highest BCUT2D eigenvalue weighted by Crippen LogP contribution is 2.46. The fourth-order valence-electron chi connectivity index (χ4n) is 5.30. The van der Waals surface area contributed by atoms with Crippen molar-refractivity contribution >= 4 is 18.1 Å². The Hall–Kier alpha value is -1.45. The van der Waals surface area contributed by atoms with Gasteiger partial charge in [0.2, 0.25) is 0 Å². The van der Waals surface area contributed by atoms with Crippen molar-refractivity contribution in [2.24, 2.45) is 10.8 Å². The largest absolute Gasteiger partial charge is 0.489 e. The van der Waals surface area contributed by atoms with Gasteiger partial charge in [0, 0.05) is 0 Å². The van der Waals surface area contributed by atoms with Gasteiger partial charge in [-0.05, 0) is 104 Å². The molecule has 0 aliphatic heterocycles. The van der Waals surface area contributed by atoms with Gasteiger partial charge in [-0.15, -0.1) is 0 Å². The molecule has 0 radical (unpaired) electrons. The van der Waals surface area contributed by atoms with Crippen LogP contribution in [0.1, 0.15) is 122 Å². The van der Waals surface area contributed by atoms with Crippen LogP contribution in [0.2, 0.25) is 26.2 Å². The molecule has 0 bridgehead atoms. The SMILES string of the molecule is CC(CCCC(C)(C)O)c1cccc(COc2ccc(C(O[SiH](C)C)C(C)(C)C)c(C(O[SiH](C)C)C(C)(C)C)c2)c1. The fraction of sp³-hybridized carbons (Fsp3) is 0.657. The minimum atomic E-state index is -1.32. The zero-order valence-electron chi connectivity index (χ0n) is 28.4. The van der Waals surface area contributed by atoms with Crippen molar-refractivity contribution in [3.63, 3.8) is 0 Å². The van der Waals surface area contributed by atoms with Gasteiger partial charge in [0.15, 0.2) is 18.1 Å². The Morgan fingerprint density at radius 1 is 0.756 bits per heavy atom. The van der Waals surface area contributed by atoms with E-state index in [2.05, 4.69) is 117 Å². The van der Waals surface area contributed by atoms with Crippen molar-refractivity contribution < 1.29 is 18.7 Å². The number of hydrogen-bond donors (Lipinski definition) is 1. The first-order chi connectivity index (χ1) is 18.8. The topological polar surface area (TPSA) is 47.9 Å². The van der Waals surface area contributed by atoms with Crippen LogP contribution in [-0.4, -0.2) is 28.8 Å². The highest BCUT2D eigenvalue weighted by Gasteiger charge is 2.36. The second-order valence-electron chi connectivity index (χ2n) is 15.3. The summed E-state index contributed by atoms with van der Waals surface area (Å²) in [6.45, 7) is 29.2. The number of rotatable bonds is 14. The first-order valence-corrected chi connectivity index (χ1v) is 21.2. The molecule has 0 amide bonds. The molecule has 3 atom stereocenters. The van der Waals surface area contributed by atoms with Gasteiger partial charge in [-0.2, -0.15) is 0 Å². The molecule has 4 nitrogen and oxygen atoms in total. The average molecular weight is 601 g/mol. The standard InChI is InChI=1S/C35H60O4Si2/c1-25(16-15-21-35(8,9)36)27-18-14-17-26(22-27)24-37-28-19-20-29(31(33(2,3)4)38-40(10)11)30(23-28)32(34(5,6)7)39-41(12)13/h14,17-20,22-23,25,31-32,36,40-41H,15-16,21,24H2,1-13H3. The van der Waals surface area contributed by atoms with Crippen LogP contribution in [0.25, 0.3) is 0 Å². The van der Waals surface area contributed by atoms with Crippen LogP contribution in [0.5, 0.6) is 5.75 Å². The lowest BCUT2D eigenvalue weighted by atomic mass is 9.77. The summed E-state index contributed by atoms with van der Waals surface area (Å²) in [4.78, 5) is 0. The Balaban J connectivity index is 2.39. The Morgan fingerprint density at radius 2 is 1.32 bits per heavy atom. The Kier molecular flexibility index (Phi) is 12.9. The maximum atomic E-state index is 10.1. The summed E-state index contributed by atoms with van der Waals surface area (Å²) in [5.74, 6) is 1.30. The molecule has 0 fully saturated rings. The highest BCUT2D eigenvalue weighted by molar-refractivity contribution is 6.48. The van der Waals surface area contributed by atoms with E-state index in [0.29, 0.717) is 12.5 Å². The fourth-order valence-corrected chi connectivity index (χ4v) is 7.50. The Labute approximate surface area is 255 Å². The van der Waals surface area contributed by atoms with E-state index in [0.717, 1.165) is 25.0 Å². The van der Waals surface area contributed by atoms with E-state index in [4.69, 9.17) is 13.6 Å². The van der Waals surface area contributed by atoms with Crippen molar-refractivity contribution in [1.82, 2.24) is 0 Å². The van der Waals surface area contributed by atoms with Crippen molar-refractivity contribution in [2.45, 2.75) is 138 Å². The molecule has 0 aliphatic carbocycles. The van der Waals surface area contributed by atoms with E-state index in [1.165, 1.54) is 22.3 Å². The average Bonchev–Trinajstić information content (AvgIpc) is 2.82. The predicted molar refractivity (Wildman–Crippen MR) is 180 cm³/mol. The van der Waals surface area contributed by atoms with Crippen LogP contribution in [-0.2, 0) is 15.5 Å². The number of aliphatic hydroxyl groups is 1. The molecule has 0 aliphatic rings. The third kappa shape index (κ3) is 12.0. The zero-order chi connectivity index (χ0) is 31.2. The monoisotopic (exact) mass is 600 g/mol. The normalized spacial score (nSPS) is 15.3. The van der Waals surface area contributed by atoms with Crippen molar-refractivity contribution in [3.05, 3.63) is 64.7 Å². The van der Waals surface area contributed by atoms with Crippen LogP contribution < -0.4 is 4.74 Å². The smallest absolute Gasteiger partial charge is 0.171 e. The van der Waals surface area contributed by atoms with Crippen LogP contribution in [0, 0.1) is 10.8 Å². The van der Waals surface area contributed by atoms with Gasteiger partial charge < -0.3 is 18.7 Å². The third-order valence-corrected chi connectivity index (χ3v) is 9.00. The molecule has 232 valence electrons. The van der Waals surface area contributed by atoms with Gasteiger partial charge in [-0.3, -0.25) is 0 Å². The predicted octanol–water partition coefficient (Wildman–Crippen LogP) is 9.48. The summed E-state index contributed by atoms with van der Waals surface area (Å²) in [6, 6.07) is 15.3. The molecular formula is C35H60O4Si2. The van der Waals surface area contributed by atoms with E-state index >= 15 is 0 Å². The van der Waals surface area contributed by atoms with Gasteiger partial charge in [-0.1, -0.05) is 85.2 Å². The van der Waals surface area contributed by atoms with E-state index < -0.39 is 23.7 Å². The molecule has 2 rings (SSSR count). The molecule has 1 N–H and O–H groups in total. The highest BCUT2D eigenvalue weighted by atomic mass is 28.3. The third-order valence-electron chi connectivity index (χ3n) is 7.36. The van der Waals surface area contributed by atoms with Crippen molar-refractivity contribution in [1.29, 1.82) is 0 Å². The van der Waals surface area contributed by atoms with E-state index in [1.54, 1.807) is 0 Å². The lowest BCUT2D eigenvalue weighted by Crippen LogP contribution is -2.31. The van der Waals surface area contributed by atoms with Crippen LogP contribution in [0.4, 0.5) is 0 Å². The van der Waals surface area contributed by atoms with Crippen LogP contribution >= 0.6 is 0 Å². The van der Waals surface area contributed by atoms with Gasteiger partial charge in [0.25, 0.3) is 0 Å². The van der Waals surface area contributed by atoms with E-state index in [1.807, 2.05) is 13.8 Å². The summed E-state index contributed by atoms with van der Waals surface area (Å²) in [6.07, 6.45) is 2.84. The minimum absolute atomic E-state index is 0.00456. The van der Waals surface area contributed by atoms with Crippen LogP contribution in [0.15, 0.2) is 42.5 Å². The van der Waals surface area contributed by atoms with Crippen molar-refractivity contribution in [3.8, 4) is 5.75 Å². The Bertz CT molecular complexity index is 1080. The quantitative estimate of drug-likeness (QED) is 0.219. The molecule has 0 aromatic heterocycles. The molecule has 6 heteroatoms. The summed E-state index contributed by atoms with van der Waals surface area (Å²) in [7, 11) is -2.62.